The summed E-state index contributed by atoms with van der Waals surface area (Å²) in [6.07, 6.45) is 8.78. The number of carbonyl (C=O) groups is 1. The Kier molecular flexibility index (Phi) is 5.69. The van der Waals surface area contributed by atoms with Crippen molar-refractivity contribution in [2.75, 3.05) is 19.9 Å². The lowest BCUT2D eigenvalue weighted by atomic mass is 9.75. The van der Waals surface area contributed by atoms with Gasteiger partial charge in [-0.15, -0.1) is 5.10 Å². The fourth-order valence-corrected chi connectivity index (χ4v) is 6.21. The van der Waals surface area contributed by atoms with Gasteiger partial charge in [-0.1, -0.05) is 30.5 Å². The molecule has 0 spiro atoms. The van der Waals surface area contributed by atoms with Crippen LogP contribution in [-0.2, 0) is 23.5 Å². The van der Waals surface area contributed by atoms with Crippen molar-refractivity contribution in [1.29, 1.82) is 0 Å². The minimum Gasteiger partial charge on any atom is -0.454 e. The number of hydrogen-bond acceptors (Lipinski definition) is 7. The van der Waals surface area contributed by atoms with E-state index in [2.05, 4.69) is 20.5 Å². The molecule has 182 valence electrons. The average molecular weight is 468 g/mol. The van der Waals surface area contributed by atoms with E-state index in [1.54, 1.807) is 0 Å². The highest BCUT2D eigenvalue weighted by molar-refractivity contribution is 5.79. The number of carbonyl (C=O) groups excluding carboxylic acids is 1. The third-order valence-electron chi connectivity index (χ3n) is 8.21. The Balaban J connectivity index is 1.04. The quantitative estimate of drug-likeness (QED) is 0.671. The van der Waals surface area contributed by atoms with E-state index >= 15 is 0 Å². The van der Waals surface area contributed by atoms with Crippen LogP contribution in [0.25, 0.3) is 0 Å². The molecule has 9 heteroatoms. The number of rotatable bonds is 6. The van der Waals surface area contributed by atoms with Crippen molar-refractivity contribution in [1.82, 2.24) is 25.2 Å². The predicted octanol–water partition coefficient (Wildman–Crippen LogP) is 2.19. The van der Waals surface area contributed by atoms with Gasteiger partial charge in [-0.05, 0) is 55.8 Å². The van der Waals surface area contributed by atoms with Gasteiger partial charge in [0, 0.05) is 19.1 Å². The molecule has 0 radical (unpaired) electrons. The molecule has 7 rings (SSSR count). The number of nitrogens with zero attached hydrogens (tertiary/aromatic N) is 4. The maximum atomic E-state index is 13.0. The summed E-state index contributed by atoms with van der Waals surface area (Å²) in [6, 6.07) is 6.15. The van der Waals surface area contributed by atoms with E-state index in [4.69, 9.17) is 9.47 Å². The number of nitrogens with one attached hydrogen (secondary N) is 1. The zero-order valence-corrected chi connectivity index (χ0v) is 19.5. The van der Waals surface area contributed by atoms with Crippen molar-refractivity contribution in [2.24, 2.45) is 11.8 Å². The molecule has 34 heavy (non-hydrogen) atoms. The van der Waals surface area contributed by atoms with E-state index in [1.807, 2.05) is 29.1 Å². The summed E-state index contributed by atoms with van der Waals surface area (Å²) in [5.74, 6) is 2.04. The summed E-state index contributed by atoms with van der Waals surface area (Å²) in [7, 11) is 0. The zero-order valence-electron chi connectivity index (χ0n) is 19.5. The van der Waals surface area contributed by atoms with E-state index < -0.39 is 5.60 Å². The minimum absolute atomic E-state index is 0.0215. The van der Waals surface area contributed by atoms with Gasteiger partial charge in [-0.3, -0.25) is 14.4 Å². The summed E-state index contributed by atoms with van der Waals surface area (Å²) in [4.78, 5) is 15.5. The van der Waals surface area contributed by atoms with Crippen LogP contribution in [0.1, 0.15) is 56.2 Å². The molecule has 1 aromatic carbocycles. The van der Waals surface area contributed by atoms with Gasteiger partial charge in [0.15, 0.2) is 11.5 Å². The van der Waals surface area contributed by atoms with E-state index in [0.717, 1.165) is 75.2 Å². The Labute approximate surface area is 199 Å². The van der Waals surface area contributed by atoms with Crippen LogP contribution in [0.15, 0.2) is 24.4 Å². The number of amides is 1. The SMILES string of the molecule is O=C(NCc1ccc2c(c1)OCO2)[C@@H]1CN2CC[C@H]1C[C@@H]2Cn1cc(C2(O)CCCCC2)nn1. The second-order valence-corrected chi connectivity index (χ2v) is 10.4. The first-order chi connectivity index (χ1) is 16.6. The number of hydrogen-bond donors (Lipinski definition) is 2. The molecule has 9 nitrogen and oxygen atoms in total. The van der Waals surface area contributed by atoms with Gasteiger partial charge in [0.1, 0.15) is 11.3 Å². The van der Waals surface area contributed by atoms with Crippen LogP contribution in [-0.4, -0.2) is 56.8 Å². The maximum Gasteiger partial charge on any atom is 0.231 e. The molecule has 1 aliphatic carbocycles. The van der Waals surface area contributed by atoms with Gasteiger partial charge in [0.2, 0.25) is 12.7 Å². The smallest absolute Gasteiger partial charge is 0.231 e. The fraction of sp³-hybridized carbons (Fsp3) is 0.640. The zero-order chi connectivity index (χ0) is 23.1. The van der Waals surface area contributed by atoms with E-state index in [-0.39, 0.29) is 18.6 Å². The highest BCUT2D eigenvalue weighted by Gasteiger charge is 2.43. The summed E-state index contributed by atoms with van der Waals surface area (Å²) in [5, 5.41) is 22.8. The summed E-state index contributed by atoms with van der Waals surface area (Å²) < 4.78 is 12.7. The number of ether oxygens (including phenoxy) is 2. The van der Waals surface area contributed by atoms with Crippen molar-refractivity contribution < 1.29 is 19.4 Å². The van der Waals surface area contributed by atoms with E-state index in [9.17, 15) is 9.90 Å². The number of aromatic nitrogens is 3. The molecule has 2 aromatic rings. The lowest BCUT2D eigenvalue weighted by molar-refractivity contribution is -0.133. The fourth-order valence-electron chi connectivity index (χ4n) is 6.21. The summed E-state index contributed by atoms with van der Waals surface area (Å²) in [6.45, 7) is 3.31. The molecule has 5 heterocycles. The van der Waals surface area contributed by atoms with Crippen molar-refractivity contribution in [3.63, 3.8) is 0 Å². The molecule has 3 saturated heterocycles. The van der Waals surface area contributed by atoms with Crippen LogP contribution >= 0.6 is 0 Å². The molecule has 2 bridgehead atoms. The number of aliphatic hydroxyl groups is 1. The molecule has 4 fully saturated rings. The molecular formula is C25H33N5O4. The van der Waals surface area contributed by atoms with E-state index in [1.165, 1.54) is 6.42 Å². The molecule has 4 atom stereocenters. The van der Waals surface area contributed by atoms with Gasteiger partial charge < -0.3 is 19.9 Å². The minimum atomic E-state index is -0.816. The van der Waals surface area contributed by atoms with Crippen LogP contribution in [0, 0.1) is 11.8 Å². The third-order valence-corrected chi connectivity index (χ3v) is 8.21. The first-order valence-corrected chi connectivity index (χ1v) is 12.6. The van der Waals surface area contributed by atoms with Crippen LogP contribution in [0.2, 0.25) is 0 Å². The molecule has 1 unspecified atom stereocenters. The first-order valence-electron chi connectivity index (χ1n) is 12.6. The van der Waals surface area contributed by atoms with Crippen LogP contribution in [0.5, 0.6) is 11.5 Å². The number of piperidine rings is 3. The monoisotopic (exact) mass is 467 g/mol. The Morgan fingerprint density at radius 2 is 2.06 bits per heavy atom. The molecule has 1 aromatic heterocycles. The largest absolute Gasteiger partial charge is 0.454 e. The standard InChI is InChI=1S/C25H33N5O4/c31-24(26-12-17-4-5-21-22(10-17)34-16-33-21)20-14-29-9-6-18(20)11-19(29)13-30-15-23(27-28-30)25(32)7-2-1-3-8-25/h4-5,10,15,18-20,32H,1-3,6-9,11-14,16H2,(H,26,31)/t18-,19+,20+/m0/s1. The molecule has 5 aliphatic rings. The van der Waals surface area contributed by atoms with Crippen molar-refractivity contribution >= 4 is 5.91 Å². The van der Waals surface area contributed by atoms with Gasteiger partial charge in [0.25, 0.3) is 0 Å². The predicted molar refractivity (Wildman–Crippen MR) is 123 cm³/mol. The Hall–Kier alpha value is -2.65. The van der Waals surface area contributed by atoms with Gasteiger partial charge in [-0.25, -0.2) is 0 Å². The molecule has 4 aliphatic heterocycles. The highest BCUT2D eigenvalue weighted by Crippen LogP contribution is 2.38. The number of fused-ring (bicyclic) bond motifs is 4. The molecule has 1 amide bonds. The maximum absolute atomic E-state index is 13.0. The van der Waals surface area contributed by atoms with Crippen molar-refractivity contribution in [3.8, 4) is 11.5 Å². The lowest BCUT2D eigenvalue weighted by Gasteiger charge is -2.49. The normalized spacial score (nSPS) is 29.2. The van der Waals surface area contributed by atoms with Crippen LogP contribution < -0.4 is 14.8 Å². The Morgan fingerprint density at radius 3 is 2.88 bits per heavy atom. The van der Waals surface area contributed by atoms with Gasteiger partial charge in [-0.2, -0.15) is 0 Å². The van der Waals surface area contributed by atoms with Crippen LogP contribution in [0.4, 0.5) is 0 Å². The molecular weight excluding hydrogens is 434 g/mol. The number of benzene rings is 1. The summed E-state index contributed by atoms with van der Waals surface area (Å²) in [5.41, 5.74) is 0.908. The third kappa shape index (κ3) is 4.15. The van der Waals surface area contributed by atoms with Gasteiger partial charge in [0.05, 0.1) is 18.7 Å². The highest BCUT2D eigenvalue weighted by atomic mass is 16.7. The Morgan fingerprint density at radius 1 is 1.21 bits per heavy atom. The first kappa shape index (κ1) is 21.9. The second kappa shape index (κ2) is 8.85. The van der Waals surface area contributed by atoms with E-state index in [0.29, 0.717) is 24.2 Å². The summed E-state index contributed by atoms with van der Waals surface area (Å²) >= 11 is 0. The second-order valence-electron chi connectivity index (χ2n) is 10.4. The molecule has 2 N–H and O–H groups in total. The Bertz CT molecular complexity index is 1050. The lowest BCUT2D eigenvalue weighted by Crippen LogP contribution is -2.58. The topological polar surface area (TPSA) is 102 Å². The molecule has 1 saturated carbocycles. The van der Waals surface area contributed by atoms with Crippen molar-refractivity contribution in [2.45, 2.75) is 69.7 Å². The van der Waals surface area contributed by atoms with Crippen LogP contribution in [0.3, 0.4) is 0 Å². The average Bonchev–Trinajstić information content (AvgIpc) is 3.53. The van der Waals surface area contributed by atoms with Gasteiger partial charge >= 0.3 is 0 Å². The van der Waals surface area contributed by atoms with Crippen molar-refractivity contribution in [3.05, 3.63) is 35.7 Å².